The fourth-order valence-electron chi connectivity index (χ4n) is 2.89. The molecule has 33 heavy (non-hydrogen) atoms. The summed E-state index contributed by atoms with van der Waals surface area (Å²) in [4.78, 5) is 12.1. The average Bonchev–Trinajstić information content (AvgIpc) is 3.26. The van der Waals surface area contributed by atoms with E-state index in [0.29, 0.717) is 15.8 Å². The van der Waals surface area contributed by atoms with E-state index in [1.807, 2.05) is 6.07 Å². The molecule has 0 atom stereocenters. The van der Waals surface area contributed by atoms with Crippen molar-refractivity contribution in [3.63, 3.8) is 0 Å². The van der Waals surface area contributed by atoms with Crippen molar-refractivity contribution < 1.29 is 35.9 Å². The number of nitriles is 1. The van der Waals surface area contributed by atoms with Crippen LogP contribution in [0.2, 0.25) is 0 Å². The van der Waals surface area contributed by atoms with Gasteiger partial charge < -0.3 is 9.47 Å². The van der Waals surface area contributed by atoms with Gasteiger partial charge in [-0.15, -0.1) is 11.3 Å². The van der Waals surface area contributed by atoms with Crippen LogP contribution in [-0.2, 0) is 20.9 Å². The molecule has 0 aliphatic heterocycles. The summed E-state index contributed by atoms with van der Waals surface area (Å²) < 4.78 is 78.2. The maximum Gasteiger partial charge on any atom is 0.416 e. The number of hydrogen-bond acceptors (Lipinski definition) is 7. The number of carbonyl (C=O) groups excluding carboxylic acids is 1. The lowest BCUT2D eigenvalue weighted by atomic mass is 10.1. The van der Waals surface area contributed by atoms with Gasteiger partial charge in [0.15, 0.2) is 0 Å². The second kappa shape index (κ2) is 9.13. The molecule has 0 bridgehead atoms. The van der Waals surface area contributed by atoms with Gasteiger partial charge in [0.05, 0.1) is 31.0 Å². The van der Waals surface area contributed by atoms with Gasteiger partial charge in [0.25, 0.3) is 10.0 Å². The lowest BCUT2D eigenvalue weighted by Gasteiger charge is -2.16. The second-order valence-corrected chi connectivity index (χ2v) is 9.23. The number of hydrogen-bond donors (Lipinski definition) is 1. The molecule has 3 rings (SSSR count). The third kappa shape index (κ3) is 5.10. The van der Waals surface area contributed by atoms with Crippen molar-refractivity contribution in [3.8, 4) is 22.3 Å². The molecular formula is C21H15F3N2O5S2. The zero-order valence-corrected chi connectivity index (χ0v) is 18.7. The summed E-state index contributed by atoms with van der Waals surface area (Å²) in [5.74, 6) is -0.942. The summed E-state index contributed by atoms with van der Waals surface area (Å²) in [5, 5.41) is 9.05. The van der Waals surface area contributed by atoms with Gasteiger partial charge in [0.2, 0.25) is 0 Å². The molecule has 0 unspecified atom stereocenters. The number of halogens is 3. The first-order valence-corrected chi connectivity index (χ1v) is 11.3. The number of sulfonamides is 1. The molecule has 1 aromatic heterocycles. The Balaban J connectivity index is 2.16. The highest BCUT2D eigenvalue weighted by Gasteiger charge is 2.32. The van der Waals surface area contributed by atoms with E-state index in [4.69, 9.17) is 10.00 Å². The maximum absolute atomic E-state index is 13.3. The van der Waals surface area contributed by atoms with E-state index in [0.717, 1.165) is 36.6 Å². The van der Waals surface area contributed by atoms with Crippen LogP contribution in [0.25, 0.3) is 10.4 Å². The van der Waals surface area contributed by atoms with E-state index in [2.05, 4.69) is 9.46 Å². The summed E-state index contributed by atoms with van der Waals surface area (Å²) in [7, 11) is -2.20. The molecule has 1 heterocycles. The minimum absolute atomic E-state index is 0.0974. The topological polar surface area (TPSA) is 105 Å². The molecule has 1 N–H and O–H groups in total. The third-order valence-corrected chi connectivity index (χ3v) is 6.86. The summed E-state index contributed by atoms with van der Waals surface area (Å²) >= 11 is 0.989. The Labute approximate surface area is 191 Å². The zero-order chi connectivity index (χ0) is 24.4. The second-order valence-electron chi connectivity index (χ2n) is 6.50. The first-order chi connectivity index (χ1) is 15.5. The van der Waals surface area contributed by atoms with Crippen molar-refractivity contribution in [2.24, 2.45) is 0 Å². The van der Waals surface area contributed by atoms with Crippen LogP contribution in [0.1, 0.15) is 20.8 Å². The van der Waals surface area contributed by atoms with Gasteiger partial charge in [-0.05, 0) is 42.5 Å². The van der Waals surface area contributed by atoms with Gasteiger partial charge in [-0.1, -0.05) is 6.07 Å². The van der Waals surface area contributed by atoms with Gasteiger partial charge in [0.1, 0.15) is 21.6 Å². The van der Waals surface area contributed by atoms with Crippen LogP contribution < -0.4 is 9.46 Å². The van der Waals surface area contributed by atoms with Crippen molar-refractivity contribution in [1.82, 2.24) is 0 Å². The van der Waals surface area contributed by atoms with Crippen molar-refractivity contribution in [2.45, 2.75) is 11.1 Å². The van der Waals surface area contributed by atoms with Crippen LogP contribution in [0, 0.1) is 11.3 Å². The molecule has 3 aromatic rings. The summed E-state index contributed by atoms with van der Waals surface area (Å²) in [6, 6.07) is 11.0. The number of rotatable bonds is 6. The van der Waals surface area contributed by atoms with Gasteiger partial charge in [-0.2, -0.15) is 18.4 Å². The number of benzene rings is 2. The number of methoxy groups -OCH3 is 2. The number of nitrogens with one attached hydrogen (secondary N) is 1. The van der Waals surface area contributed by atoms with Crippen LogP contribution in [-0.4, -0.2) is 28.6 Å². The molecule has 0 radical (unpaired) electrons. The largest absolute Gasteiger partial charge is 0.495 e. The van der Waals surface area contributed by atoms with Crippen LogP contribution >= 0.6 is 11.3 Å². The van der Waals surface area contributed by atoms with Crippen molar-refractivity contribution >= 4 is 33.0 Å². The fraction of sp³-hybridized carbons (Fsp3) is 0.143. The van der Waals surface area contributed by atoms with Crippen molar-refractivity contribution in [3.05, 3.63) is 64.5 Å². The van der Waals surface area contributed by atoms with E-state index >= 15 is 0 Å². The number of thiophene rings is 1. The van der Waals surface area contributed by atoms with Gasteiger partial charge in [-0.3, -0.25) is 4.72 Å². The highest BCUT2D eigenvalue weighted by molar-refractivity contribution is 7.92. The highest BCUT2D eigenvalue weighted by atomic mass is 32.2. The molecule has 172 valence electrons. The molecule has 0 spiro atoms. The van der Waals surface area contributed by atoms with Gasteiger partial charge in [-0.25, -0.2) is 13.2 Å². The van der Waals surface area contributed by atoms with Crippen LogP contribution in [0.15, 0.2) is 53.4 Å². The number of anilines is 1. The van der Waals surface area contributed by atoms with E-state index < -0.39 is 32.6 Å². The molecular weight excluding hydrogens is 481 g/mol. The Kier molecular flexibility index (Phi) is 6.66. The molecule has 0 aliphatic rings. The van der Waals surface area contributed by atoms with Gasteiger partial charge in [0, 0.05) is 10.4 Å². The first kappa shape index (κ1) is 24.1. The van der Waals surface area contributed by atoms with E-state index in [9.17, 15) is 26.4 Å². The molecule has 0 amide bonds. The minimum atomic E-state index is -4.73. The molecule has 0 fully saturated rings. The number of esters is 1. The lowest BCUT2D eigenvalue weighted by molar-refractivity contribution is -0.137. The Morgan fingerprint density at radius 2 is 1.82 bits per heavy atom. The zero-order valence-electron chi connectivity index (χ0n) is 17.1. The number of nitrogens with zero attached hydrogens (tertiary/aromatic N) is 1. The lowest BCUT2D eigenvalue weighted by Crippen LogP contribution is -2.16. The molecule has 0 saturated carbocycles. The molecule has 2 aromatic carbocycles. The fourth-order valence-corrected chi connectivity index (χ4v) is 5.00. The van der Waals surface area contributed by atoms with Gasteiger partial charge >= 0.3 is 12.1 Å². The van der Waals surface area contributed by atoms with E-state index in [1.54, 1.807) is 0 Å². The first-order valence-electron chi connectivity index (χ1n) is 9.01. The predicted molar refractivity (Wildman–Crippen MR) is 115 cm³/mol. The maximum atomic E-state index is 13.3. The Morgan fingerprint density at radius 3 is 2.39 bits per heavy atom. The van der Waals surface area contributed by atoms with Crippen molar-refractivity contribution in [2.75, 3.05) is 18.9 Å². The minimum Gasteiger partial charge on any atom is -0.495 e. The summed E-state index contributed by atoms with van der Waals surface area (Å²) in [6.07, 6.45) is -4.73. The van der Waals surface area contributed by atoms with Crippen LogP contribution in [0.3, 0.4) is 0 Å². The van der Waals surface area contributed by atoms with Crippen LogP contribution in [0.4, 0.5) is 18.9 Å². The number of ether oxygens (including phenoxy) is 2. The molecule has 7 nitrogen and oxygen atoms in total. The highest BCUT2D eigenvalue weighted by Crippen LogP contribution is 2.39. The average molecular weight is 496 g/mol. The number of carbonyl (C=O) groups is 1. The monoisotopic (exact) mass is 496 g/mol. The van der Waals surface area contributed by atoms with E-state index in [1.165, 1.54) is 31.4 Å². The van der Waals surface area contributed by atoms with E-state index in [-0.39, 0.29) is 22.6 Å². The quantitative estimate of drug-likeness (QED) is 0.487. The molecule has 12 heteroatoms. The third-order valence-electron chi connectivity index (χ3n) is 4.45. The number of alkyl halides is 3. The summed E-state index contributed by atoms with van der Waals surface area (Å²) in [6.45, 7) is 0. The molecule has 0 saturated heterocycles. The SMILES string of the molecule is COC(=O)c1ccc(OC)c(S(=O)(=O)Nc2cc(C(F)(F)F)ccc2-c2ccc(C#N)s2)c1. The smallest absolute Gasteiger partial charge is 0.416 e. The Hall–Kier alpha value is -3.56. The predicted octanol–water partition coefficient (Wildman–Crippen LogP) is 4.90. The molecule has 0 aliphatic carbocycles. The Bertz CT molecular complexity index is 1360. The summed E-state index contributed by atoms with van der Waals surface area (Å²) in [5.41, 5.74) is -1.39. The standard InChI is InChI=1S/C21H15F3N2O5S2/c1-30-17-7-3-12(20(27)31-2)9-19(17)33(28,29)26-16-10-13(21(22,23)24)4-6-15(16)18-8-5-14(11-25)32-18/h3-10,26H,1-2H3. The van der Waals surface area contributed by atoms with Crippen molar-refractivity contribution in [1.29, 1.82) is 5.26 Å². The normalized spacial score (nSPS) is 11.5. The van der Waals surface area contributed by atoms with Crippen LogP contribution in [0.5, 0.6) is 5.75 Å². The Morgan fingerprint density at radius 1 is 1.09 bits per heavy atom.